The molecule has 0 spiro atoms. The number of ketones is 1. The molecular weight excluding hydrogens is 268 g/mol. The van der Waals surface area contributed by atoms with E-state index in [0.29, 0.717) is 32.3 Å². The van der Waals surface area contributed by atoms with E-state index in [1.165, 1.54) is 6.08 Å². The maximum Gasteiger partial charge on any atom is 0.305 e. The Morgan fingerprint density at radius 3 is 2.90 bits per heavy atom. The number of esters is 1. The van der Waals surface area contributed by atoms with Gasteiger partial charge in [-0.3, -0.25) is 9.59 Å². The van der Waals surface area contributed by atoms with Gasteiger partial charge in [0.05, 0.1) is 12.0 Å². The predicted molar refractivity (Wildman–Crippen MR) is 78.5 cm³/mol. The molecule has 0 N–H and O–H groups in total. The summed E-state index contributed by atoms with van der Waals surface area (Å²) < 4.78 is 4.97. The summed E-state index contributed by atoms with van der Waals surface area (Å²) in [7, 11) is 0. The van der Waals surface area contributed by atoms with Crippen molar-refractivity contribution in [3.05, 3.63) is 24.3 Å². The zero-order chi connectivity index (χ0) is 15.5. The van der Waals surface area contributed by atoms with Gasteiger partial charge in [0, 0.05) is 6.42 Å². The summed E-state index contributed by atoms with van der Waals surface area (Å²) in [5, 5.41) is 0. The number of carbonyl (C=O) groups excluding carboxylic acids is 3. The first-order chi connectivity index (χ1) is 9.98. The third kappa shape index (κ3) is 2.71. The normalized spacial score (nSPS) is 34.4. The van der Waals surface area contributed by atoms with Crippen LogP contribution >= 0.6 is 0 Å². The van der Waals surface area contributed by atoms with Crippen molar-refractivity contribution in [3.8, 4) is 0 Å². The second-order valence-corrected chi connectivity index (χ2v) is 6.13. The highest BCUT2D eigenvalue weighted by atomic mass is 16.5. The molecule has 0 unspecified atom stereocenters. The van der Waals surface area contributed by atoms with Crippen molar-refractivity contribution < 1.29 is 19.1 Å². The molecule has 0 saturated carbocycles. The molecule has 114 valence electrons. The van der Waals surface area contributed by atoms with Crippen LogP contribution < -0.4 is 0 Å². The molecule has 2 rings (SSSR count). The van der Waals surface area contributed by atoms with Crippen LogP contribution in [-0.2, 0) is 19.1 Å². The first-order valence-electron chi connectivity index (χ1n) is 7.49. The molecule has 2 aliphatic carbocycles. The van der Waals surface area contributed by atoms with Gasteiger partial charge >= 0.3 is 5.97 Å². The number of carbonyl (C=O) groups is 3. The maximum absolute atomic E-state index is 12.3. The fraction of sp³-hybridized carbons (Fsp3) is 0.588. The number of rotatable bonds is 5. The molecule has 4 heteroatoms. The van der Waals surface area contributed by atoms with Gasteiger partial charge < -0.3 is 9.53 Å². The average Bonchev–Trinajstić information content (AvgIpc) is 2.50. The first kappa shape index (κ1) is 15.7. The van der Waals surface area contributed by atoms with Gasteiger partial charge in [-0.05, 0) is 43.6 Å². The molecule has 3 atom stereocenters. The zero-order valence-corrected chi connectivity index (χ0v) is 12.6. The first-order valence-corrected chi connectivity index (χ1v) is 7.49. The molecule has 0 fully saturated rings. The summed E-state index contributed by atoms with van der Waals surface area (Å²) in [4.78, 5) is 35.5. The molecule has 2 aliphatic rings. The van der Waals surface area contributed by atoms with E-state index in [1.54, 1.807) is 6.92 Å². The fourth-order valence-corrected chi connectivity index (χ4v) is 3.58. The van der Waals surface area contributed by atoms with E-state index in [9.17, 15) is 14.4 Å². The lowest BCUT2D eigenvalue weighted by Gasteiger charge is -2.48. The van der Waals surface area contributed by atoms with Crippen molar-refractivity contribution >= 4 is 18.0 Å². The molecule has 21 heavy (non-hydrogen) atoms. The van der Waals surface area contributed by atoms with Crippen LogP contribution in [0.2, 0.25) is 0 Å². The number of allylic oxidation sites excluding steroid dienone is 4. The van der Waals surface area contributed by atoms with Crippen LogP contribution in [0, 0.1) is 16.7 Å². The molecule has 0 radical (unpaired) electrons. The van der Waals surface area contributed by atoms with Crippen molar-refractivity contribution in [2.24, 2.45) is 16.7 Å². The number of hydrogen-bond donors (Lipinski definition) is 0. The second kappa shape index (κ2) is 5.96. The molecule has 0 aliphatic heterocycles. The smallest absolute Gasteiger partial charge is 0.305 e. The predicted octanol–water partition coefficient (Wildman–Crippen LogP) is 2.63. The van der Waals surface area contributed by atoms with Crippen molar-refractivity contribution in [2.75, 3.05) is 6.61 Å². The standard InChI is InChI=1S/C17H22O4/c1-3-21-15(20)8-11-16(2)10-7-14(19)17(12-18)9-5-4-6-13(16)17/h4-5,7,10,12-13H,3,6,8-9,11H2,1-2H3/t13-,16+,17+/m0/s1. The Hall–Kier alpha value is -1.71. The van der Waals surface area contributed by atoms with Crippen LogP contribution in [0.3, 0.4) is 0 Å². The molecule has 0 aromatic rings. The van der Waals surface area contributed by atoms with E-state index >= 15 is 0 Å². The Morgan fingerprint density at radius 1 is 1.48 bits per heavy atom. The van der Waals surface area contributed by atoms with Gasteiger partial charge in [-0.25, -0.2) is 0 Å². The Bertz CT molecular complexity index is 505. The molecular formula is C17H22O4. The molecule has 4 nitrogen and oxygen atoms in total. The highest BCUT2D eigenvalue weighted by Gasteiger charge is 2.53. The van der Waals surface area contributed by atoms with Gasteiger partial charge in [0.25, 0.3) is 0 Å². The van der Waals surface area contributed by atoms with Crippen LogP contribution in [0.15, 0.2) is 24.3 Å². The van der Waals surface area contributed by atoms with E-state index in [4.69, 9.17) is 4.74 Å². The van der Waals surface area contributed by atoms with Crippen LogP contribution in [0.25, 0.3) is 0 Å². The molecule has 0 aromatic heterocycles. The lowest BCUT2D eigenvalue weighted by Crippen LogP contribution is -2.50. The molecule has 0 amide bonds. The molecule has 0 bridgehead atoms. The average molecular weight is 290 g/mol. The number of aldehydes is 1. The largest absolute Gasteiger partial charge is 0.466 e. The fourth-order valence-electron chi connectivity index (χ4n) is 3.58. The lowest BCUT2D eigenvalue weighted by molar-refractivity contribution is -0.144. The minimum Gasteiger partial charge on any atom is -0.466 e. The number of ether oxygens (including phenoxy) is 1. The van der Waals surface area contributed by atoms with E-state index in [2.05, 4.69) is 0 Å². The summed E-state index contributed by atoms with van der Waals surface area (Å²) in [5.74, 6) is -0.424. The highest BCUT2D eigenvalue weighted by molar-refractivity contribution is 6.06. The molecule has 0 saturated heterocycles. The summed E-state index contributed by atoms with van der Waals surface area (Å²) in [6.07, 6.45) is 10.2. The third-order valence-corrected chi connectivity index (χ3v) is 4.87. The third-order valence-electron chi connectivity index (χ3n) is 4.87. The highest BCUT2D eigenvalue weighted by Crippen LogP contribution is 2.53. The minimum atomic E-state index is -0.951. The van der Waals surface area contributed by atoms with E-state index in [1.807, 2.05) is 25.2 Å². The summed E-state index contributed by atoms with van der Waals surface area (Å²) >= 11 is 0. The van der Waals surface area contributed by atoms with Crippen molar-refractivity contribution in [3.63, 3.8) is 0 Å². The number of fused-ring (bicyclic) bond motifs is 1. The monoisotopic (exact) mass is 290 g/mol. The van der Waals surface area contributed by atoms with Gasteiger partial charge in [-0.2, -0.15) is 0 Å². The van der Waals surface area contributed by atoms with Gasteiger partial charge in [0.2, 0.25) is 0 Å². The quantitative estimate of drug-likeness (QED) is 0.338. The Balaban J connectivity index is 2.24. The summed E-state index contributed by atoms with van der Waals surface area (Å²) in [5.41, 5.74) is -1.29. The summed E-state index contributed by atoms with van der Waals surface area (Å²) in [6, 6.07) is 0. The van der Waals surface area contributed by atoms with Gasteiger partial charge in [-0.15, -0.1) is 0 Å². The minimum absolute atomic E-state index is 0.0839. The Kier molecular flexibility index (Phi) is 4.45. The van der Waals surface area contributed by atoms with E-state index in [0.717, 1.165) is 6.29 Å². The van der Waals surface area contributed by atoms with Crippen LogP contribution in [0.4, 0.5) is 0 Å². The van der Waals surface area contributed by atoms with Crippen LogP contribution in [0.1, 0.15) is 39.5 Å². The Morgan fingerprint density at radius 2 is 2.24 bits per heavy atom. The van der Waals surface area contributed by atoms with E-state index in [-0.39, 0.29) is 23.1 Å². The van der Waals surface area contributed by atoms with Gasteiger partial charge in [0.15, 0.2) is 5.78 Å². The van der Waals surface area contributed by atoms with Crippen LogP contribution in [0.5, 0.6) is 0 Å². The zero-order valence-electron chi connectivity index (χ0n) is 12.6. The number of hydrogen-bond acceptors (Lipinski definition) is 4. The summed E-state index contributed by atoms with van der Waals surface area (Å²) in [6.45, 7) is 4.17. The van der Waals surface area contributed by atoms with E-state index < -0.39 is 5.41 Å². The SMILES string of the molecule is CCOC(=O)CC[C@@]1(C)C=CC(=O)[C@@]2(C=O)CC=CC[C@@H]12. The van der Waals surface area contributed by atoms with Gasteiger partial charge in [-0.1, -0.05) is 25.2 Å². The van der Waals surface area contributed by atoms with Crippen LogP contribution in [-0.4, -0.2) is 24.6 Å². The topological polar surface area (TPSA) is 60.4 Å². The molecule has 0 heterocycles. The van der Waals surface area contributed by atoms with Crippen molar-refractivity contribution in [1.29, 1.82) is 0 Å². The lowest BCUT2D eigenvalue weighted by atomic mass is 9.53. The maximum atomic E-state index is 12.3. The molecule has 0 aromatic carbocycles. The Labute approximate surface area is 125 Å². The van der Waals surface area contributed by atoms with Crippen molar-refractivity contribution in [2.45, 2.75) is 39.5 Å². The van der Waals surface area contributed by atoms with Crippen molar-refractivity contribution in [1.82, 2.24) is 0 Å². The van der Waals surface area contributed by atoms with Gasteiger partial charge in [0.1, 0.15) is 6.29 Å². The second-order valence-electron chi connectivity index (χ2n) is 6.13.